The number of H-pyrrole nitrogens is 1. The number of amides is 2. The lowest BCUT2D eigenvalue weighted by Crippen LogP contribution is -2.41. The van der Waals surface area contributed by atoms with Crippen LogP contribution >= 0.6 is 11.3 Å². The van der Waals surface area contributed by atoms with Gasteiger partial charge in [-0.3, -0.25) is 5.32 Å². The number of aromatic amines is 1. The van der Waals surface area contributed by atoms with E-state index in [-0.39, 0.29) is 12.1 Å². The standard InChI is InChI=1S/C25H25N5OS/c1-17-10-12-19(13-11-17)21-16-32-24(28-21)29-25(31)30-14-6-5-9-22(30)23-26-15-20(27-23)18-7-3-2-4-8-18/h2-4,7-8,10-13,15-16,22H,5-6,9,14H2,1H3,(H,26,27)(H,28,29,31). The Balaban J connectivity index is 1.31. The van der Waals surface area contributed by atoms with Crippen LogP contribution in [0.2, 0.25) is 0 Å². The fourth-order valence-corrected chi connectivity index (χ4v) is 4.79. The highest BCUT2D eigenvalue weighted by molar-refractivity contribution is 7.14. The molecule has 0 saturated carbocycles. The smallest absolute Gasteiger partial charge is 0.324 e. The van der Waals surface area contributed by atoms with E-state index in [1.54, 1.807) is 0 Å². The third-order valence-electron chi connectivity index (χ3n) is 5.82. The van der Waals surface area contributed by atoms with E-state index >= 15 is 0 Å². The molecule has 0 radical (unpaired) electrons. The molecule has 1 atom stereocenters. The van der Waals surface area contributed by atoms with Gasteiger partial charge < -0.3 is 9.88 Å². The Morgan fingerprint density at radius 3 is 2.72 bits per heavy atom. The summed E-state index contributed by atoms with van der Waals surface area (Å²) in [6.07, 6.45) is 4.80. The number of rotatable bonds is 4. The van der Waals surface area contributed by atoms with Crippen LogP contribution in [0.25, 0.3) is 22.5 Å². The Morgan fingerprint density at radius 2 is 1.91 bits per heavy atom. The Morgan fingerprint density at radius 1 is 1.09 bits per heavy atom. The molecule has 1 aliphatic heterocycles. The van der Waals surface area contributed by atoms with Crippen molar-refractivity contribution in [1.82, 2.24) is 19.9 Å². The minimum Gasteiger partial charge on any atom is -0.340 e. The molecule has 0 bridgehead atoms. The molecule has 0 spiro atoms. The first-order valence-electron chi connectivity index (χ1n) is 10.9. The van der Waals surface area contributed by atoms with E-state index in [1.807, 2.05) is 34.7 Å². The number of benzene rings is 2. The van der Waals surface area contributed by atoms with E-state index in [0.717, 1.165) is 47.6 Å². The highest BCUT2D eigenvalue weighted by Crippen LogP contribution is 2.32. The number of aryl methyl sites for hydroxylation is 1. The van der Waals surface area contributed by atoms with Gasteiger partial charge in [-0.2, -0.15) is 0 Å². The molecule has 162 valence electrons. The molecule has 2 aromatic heterocycles. The fraction of sp³-hybridized carbons (Fsp3) is 0.240. The maximum Gasteiger partial charge on any atom is 0.324 e. The number of aromatic nitrogens is 3. The van der Waals surface area contributed by atoms with Crippen LogP contribution in [0.1, 0.15) is 36.7 Å². The molecule has 2 amide bonds. The lowest BCUT2D eigenvalue weighted by Gasteiger charge is -2.34. The summed E-state index contributed by atoms with van der Waals surface area (Å²) in [6.45, 7) is 2.77. The zero-order valence-corrected chi connectivity index (χ0v) is 18.7. The van der Waals surface area contributed by atoms with Gasteiger partial charge in [-0.25, -0.2) is 14.8 Å². The second-order valence-corrected chi connectivity index (χ2v) is 8.95. The summed E-state index contributed by atoms with van der Waals surface area (Å²) in [4.78, 5) is 27.7. The number of hydrogen-bond donors (Lipinski definition) is 2. The van der Waals surface area contributed by atoms with Gasteiger partial charge in [-0.1, -0.05) is 60.2 Å². The van der Waals surface area contributed by atoms with Crippen molar-refractivity contribution in [3.63, 3.8) is 0 Å². The van der Waals surface area contributed by atoms with E-state index in [4.69, 9.17) is 0 Å². The molecular weight excluding hydrogens is 418 g/mol. The van der Waals surface area contributed by atoms with E-state index in [2.05, 4.69) is 63.6 Å². The van der Waals surface area contributed by atoms with Crippen molar-refractivity contribution in [2.75, 3.05) is 11.9 Å². The molecule has 1 unspecified atom stereocenters. The molecule has 32 heavy (non-hydrogen) atoms. The molecule has 1 fully saturated rings. The normalized spacial score (nSPS) is 16.2. The molecule has 3 heterocycles. The van der Waals surface area contributed by atoms with E-state index in [1.165, 1.54) is 16.9 Å². The first kappa shape index (κ1) is 20.5. The molecule has 1 saturated heterocycles. The monoisotopic (exact) mass is 443 g/mol. The predicted molar refractivity (Wildman–Crippen MR) is 129 cm³/mol. The van der Waals surface area contributed by atoms with Gasteiger partial charge in [0.2, 0.25) is 0 Å². The highest BCUT2D eigenvalue weighted by atomic mass is 32.1. The number of thiazole rings is 1. The summed E-state index contributed by atoms with van der Waals surface area (Å²) in [7, 11) is 0. The molecule has 7 heteroatoms. The number of nitrogens with zero attached hydrogens (tertiary/aromatic N) is 3. The molecule has 2 N–H and O–H groups in total. The van der Waals surface area contributed by atoms with Crippen molar-refractivity contribution < 1.29 is 4.79 Å². The maximum atomic E-state index is 13.2. The Bertz CT molecular complexity index is 1200. The second-order valence-electron chi connectivity index (χ2n) is 8.09. The van der Waals surface area contributed by atoms with Crippen LogP contribution in [0.3, 0.4) is 0 Å². The zero-order valence-electron chi connectivity index (χ0n) is 17.9. The number of piperidine rings is 1. The molecular formula is C25H25N5OS. The van der Waals surface area contributed by atoms with Gasteiger partial charge in [0.15, 0.2) is 5.13 Å². The van der Waals surface area contributed by atoms with Gasteiger partial charge in [0.25, 0.3) is 0 Å². The SMILES string of the molecule is Cc1ccc(-c2csc(NC(=O)N3CCCCC3c3ncc(-c4ccccc4)[nH]3)n2)cc1. The molecule has 4 aromatic rings. The molecule has 2 aromatic carbocycles. The average molecular weight is 444 g/mol. The van der Waals surface area contributed by atoms with Crippen LogP contribution in [-0.2, 0) is 0 Å². The Hall–Kier alpha value is -3.45. The Kier molecular flexibility index (Phi) is 5.73. The van der Waals surface area contributed by atoms with Crippen molar-refractivity contribution in [3.05, 3.63) is 77.6 Å². The van der Waals surface area contributed by atoms with Crippen LogP contribution in [0, 0.1) is 6.92 Å². The van der Waals surface area contributed by atoms with Crippen molar-refractivity contribution in [2.45, 2.75) is 32.2 Å². The minimum absolute atomic E-state index is 0.0715. The number of nitrogens with one attached hydrogen (secondary N) is 2. The summed E-state index contributed by atoms with van der Waals surface area (Å²) in [6, 6.07) is 18.2. The molecule has 0 aliphatic carbocycles. The van der Waals surface area contributed by atoms with E-state index < -0.39 is 0 Å². The lowest BCUT2D eigenvalue weighted by molar-refractivity contribution is 0.160. The van der Waals surface area contributed by atoms with Crippen molar-refractivity contribution in [3.8, 4) is 22.5 Å². The summed E-state index contributed by atoms with van der Waals surface area (Å²) >= 11 is 1.45. The zero-order chi connectivity index (χ0) is 21.9. The van der Waals surface area contributed by atoms with Crippen molar-refractivity contribution >= 4 is 22.5 Å². The van der Waals surface area contributed by atoms with Gasteiger partial charge in [0, 0.05) is 17.5 Å². The quantitative estimate of drug-likeness (QED) is 0.390. The highest BCUT2D eigenvalue weighted by Gasteiger charge is 2.30. The third kappa shape index (κ3) is 4.29. The van der Waals surface area contributed by atoms with Crippen LogP contribution < -0.4 is 5.32 Å². The fourth-order valence-electron chi connectivity index (χ4n) is 4.08. The lowest BCUT2D eigenvalue weighted by atomic mass is 10.0. The number of anilines is 1. The van der Waals surface area contributed by atoms with Crippen LogP contribution in [0.15, 0.2) is 66.2 Å². The number of likely N-dealkylation sites (tertiary alicyclic amines) is 1. The van der Waals surface area contributed by atoms with Gasteiger partial charge in [-0.15, -0.1) is 11.3 Å². The molecule has 1 aliphatic rings. The topological polar surface area (TPSA) is 73.9 Å². The predicted octanol–water partition coefficient (Wildman–Crippen LogP) is 6.27. The number of hydrogen-bond acceptors (Lipinski definition) is 4. The van der Waals surface area contributed by atoms with E-state index in [9.17, 15) is 4.79 Å². The van der Waals surface area contributed by atoms with E-state index in [0.29, 0.717) is 11.7 Å². The largest absolute Gasteiger partial charge is 0.340 e. The van der Waals surface area contributed by atoms with Crippen molar-refractivity contribution in [2.24, 2.45) is 0 Å². The maximum absolute atomic E-state index is 13.2. The number of carbonyl (C=O) groups is 1. The second kappa shape index (κ2) is 8.96. The summed E-state index contributed by atoms with van der Waals surface area (Å²) < 4.78 is 0. The third-order valence-corrected chi connectivity index (χ3v) is 6.58. The van der Waals surface area contributed by atoms with Crippen LogP contribution in [0.5, 0.6) is 0 Å². The van der Waals surface area contributed by atoms with Crippen LogP contribution in [0.4, 0.5) is 9.93 Å². The number of carbonyl (C=O) groups excluding carboxylic acids is 1. The minimum atomic E-state index is -0.128. The average Bonchev–Trinajstić information content (AvgIpc) is 3.50. The van der Waals surface area contributed by atoms with Gasteiger partial charge in [0.05, 0.1) is 23.6 Å². The molecule has 6 nitrogen and oxygen atoms in total. The van der Waals surface area contributed by atoms with Crippen LogP contribution in [-0.4, -0.2) is 32.4 Å². The summed E-state index contributed by atoms with van der Waals surface area (Å²) in [5.74, 6) is 0.832. The van der Waals surface area contributed by atoms with Crippen molar-refractivity contribution in [1.29, 1.82) is 0 Å². The molecule has 5 rings (SSSR count). The van der Waals surface area contributed by atoms with Gasteiger partial charge >= 0.3 is 6.03 Å². The van der Waals surface area contributed by atoms with Gasteiger partial charge in [-0.05, 0) is 31.7 Å². The Labute approximate surface area is 191 Å². The number of imidazole rings is 1. The first-order chi connectivity index (χ1) is 15.7. The van der Waals surface area contributed by atoms with Gasteiger partial charge in [0.1, 0.15) is 5.82 Å². The summed E-state index contributed by atoms with van der Waals surface area (Å²) in [5.41, 5.74) is 5.19. The summed E-state index contributed by atoms with van der Waals surface area (Å²) in [5, 5.41) is 5.59. The first-order valence-corrected chi connectivity index (χ1v) is 11.8. The number of urea groups is 1.